The third-order valence-corrected chi connectivity index (χ3v) is 2.21. The molecule has 3 nitrogen and oxygen atoms in total. The number of aromatic nitrogens is 2. The molecule has 1 N–H and O–H groups in total. The van der Waals surface area contributed by atoms with Crippen LogP contribution in [0, 0.1) is 6.92 Å². The highest BCUT2D eigenvalue weighted by molar-refractivity contribution is 6.31. The van der Waals surface area contributed by atoms with Gasteiger partial charge in [0.25, 0.3) is 0 Å². The van der Waals surface area contributed by atoms with Gasteiger partial charge in [0.05, 0.1) is 16.9 Å². The topological polar surface area (TPSA) is 29.9 Å². The zero-order valence-corrected chi connectivity index (χ0v) is 8.23. The summed E-state index contributed by atoms with van der Waals surface area (Å²) in [5, 5.41) is 7.98. The van der Waals surface area contributed by atoms with Gasteiger partial charge in [-0.25, -0.2) is 0 Å². The monoisotopic (exact) mass is 187 g/mol. The fourth-order valence-electron chi connectivity index (χ4n) is 1.05. The molecule has 0 aliphatic heterocycles. The molecule has 0 aliphatic carbocycles. The van der Waals surface area contributed by atoms with E-state index in [1.54, 1.807) is 6.20 Å². The minimum Gasteiger partial charge on any atom is -0.320 e. The maximum absolute atomic E-state index is 5.84. The minimum atomic E-state index is 0.749. The molecule has 0 saturated heterocycles. The summed E-state index contributed by atoms with van der Waals surface area (Å²) in [5.41, 5.74) is 1.05. The van der Waals surface area contributed by atoms with E-state index in [-0.39, 0.29) is 0 Å². The van der Waals surface area contributed by atoms with Crippen LogP contribution < -0.4 is 5.32 Å². The molecule has 68 valence electrons. The van der Waals surface area contributed by atoms with Crippen LogP contribution >= 0.6 is 11.6 Å². The number of rotatable bonds is 4. The van der Waals surface area contributed by atoms with Crippen molar-refractivity contribution in [2.24, 2.45) is 0 Å². The first-order valence-electron chi connectivity index (χ1n) is 4.08. The van der Waals surface area contributed by atoms with Gasteiger partial charge in [0.1, 0.15) is 0 Å². The summed E-state index contributed by atoms with van der Waals surface area (Å²) in [6.07, 6.45) is 2.77. The molecular formula is C8H14ClN3. The van der Waals surface area contributed by atoms with Crippen LogP contribution in [-0.2, 0) is 6.54 Å². The van der Waals surface area contributed by atoms with Gasteiger partial charge in [0, 0.05) is 6.54 Å². The Morgan fingerprint density at radius 2 is 2.42 bits per heavy atom. The van der Waals surface area contributed by atoms with Gasteiger partial charge in [-0.05, 0) is 26.9 Å². The second-order valence-electron chi connectivity index (χ2n) is 2.76. The van der Waals surface area contributed by atoms with E-state index in [1.165, 1.54) is 0 Å². The summed E-state index contributed by atoms with van der Waals surface area (Å²) in [6.45, 7) is 3.92. The Bertz CT molecular complexity index is 244. The van der Waals surface area contributed by atoms with Crippen LogP contribution in [0.4, 0.5) is 0 Å². The Labute approximate surface area is 77.7 Å². The summed E-state index contributed by atoms with van der Waals surface area (Å²) in [4.78, 5) is 0. The normalized spacial score (nSPS) is 10.6. The van der Waals surface area contributed by atoms with Gasteiger partial charge < -0.3 is 5.32 Å². The quantitative estimate of drug-likeness (QED) is 0.724. The summed E-state index contributed by atoms with van der Waals surface area (Å²) in [7, 11) is 1.95. The average Bonchev–Trinajstić information content (AvgIpc) is 2.36. The highest BCUT2D eigenvalue weighted by Crippen LogP contribution is 2.12. The molecule has 0 bridgehead atoms. The van der Waals surface area contributed by atoms with E-state index in [9.17, 15) is 0 Å². The van der Waals surface area contributed by atoms with Crippen molar-refractivity contribution < 1.29 is 0 Å². The Balaban J connectivity index is 2.46. The zero-order chi connectivity index (χ0) is 8.97. The van der Waals surface area contributed by atoms with Gasteiger partial charge in [-0.3, -0.25) is 4.68 Å². The molecule has 12 heavy (non-hydrogen) atoms. The van der Waals surface area contributed by atoms with Crippen LogP contribution in [0.3, 0.4) is 0 Å². The molecule has 1 aromatic rings. The fourth-order valence-corrected chi connectivity index (χ4v) is 1.20. The molecule has 0 spiro atoms. The lowest BCUT2D eigenvalue weighted by Crippen LogP contribution is -2.12. The third-order valence-electron chi connectivity index (χ3n) is 1.84. The van der Waals surface area contributed by atoms with E-state index < -0.39 is 0 Å². The predicted molar refractivity (Wildman–Crippen MR) is 50.5 cm³/mol. The standard InChI is InChI=1S/C8H14ClN3/c1-7-8(9)6-11-12(7)5-3-4-10-2/h6,10H,3-5H2,1-2H3. The first kappa shape index (κ1) is 9.55. The Morgan fingerprint density at radius 3 is 2.92 bits per heavy atom. The molecule has 4 heteroatoms. The summed E-state index contributed by atoms with van der Waals surface area (Å²) in [6, 6.07) is 0. The van der Waals surface area contributed by atoms with E-state index in [1.807, 2.05) is 18.7 Å². The van der Waals surface area contributed by atoms with E-state index in [4.69, 9.17) is 11.6 Å². The molecule has 1 rings (SSSR count). The van der Waals surface area contributed by atoms with Crippen LogP contribution in [0.25, 0.3) is 0 Å². The highest BCUT2D eigenvalue weighted by Gasteiger charge is 2.01. The number of halogens is 1. The van der Waals surface area contributed by atoms with Gasteiger partial charge in [-0.15, -0.1) is 0 Å². The molecule has 0 aromatic carbocycles. The highest BCUT2D eigenvalue weighted by atomic mass is 35.5. The smallest absolute Gasteiger partial charge is 0.0814 e. The first-order chi connectivity index (χ1) is 5.75. The Hall–Kier alpha value is -0.540. The van der Waals surface area contributed by atoms with Crippen molar-refractivity contribution in [3.05, 3.63) is 16.9 Å². The number of hydrogen-bond donors (Lipinski definition) is 1. The van der Waals surface area contributed by atoms with Crippen LogP contribution in [0.2, 0.25) is 5.02 Å². The van der Waals surface area contributed by atoms with E-state index in [0.717, 1.165) is 30.2 Å². The van der Waals surface area contributed by atoms with Crippen LogP contribution in [0.1, 0.15) is 12.1 Å². The van der Waals surface area contributed by atoms with Crippen molar-refractivity contribution in [3.63, 3.8) is 0 Å². The summed E-state index contributed by atoms with van der Waals surface area (Å²) >= 11 is 5.84. The maximum atomic E-state index is 5.84. The second kappa shape index (κ2) is 4.48. The SMILES string of the molecule is CNCCCn1ncc(Cl)c1C. The molecule has 0 radical (unpaired) electrons. The van der Waals surface area contributed by atoms with Crippen molar-refractivity contribution in [1.29, 1.82) is 0 Å². The largest absolute Gasteiger partial charge is 0.320 e. The molecule has 0 amide bonds. The molecular weight excluding hydrogens is 174 g/mol. The van der Waals surface area contributed by atoms with E-state index >= 15 is 0 Å². The van der Waals surface area contributed by atoms with Crippen LogP contribution in [0.5, 0.6) is 0 Å². The fraction of sp³-hybridized carbons (Fsp3) is 0.625. The van der Waals surface area contributed by atoms with E-state index in [0.29, 0.717) is 0 Å². The Kier molecular flexibility index (Phi) is 3.56. The third kappa shape index (κ3) is 2.22. The number of nitrogens with zero attached hydrogens (tertiary/aromatic N) is 2. The number of aryl methyl sites for hydroxylation is 1. The van der Waals surface area contributed by atoms with Crippen molar-refractivity contribution in [3.8, 4) is 0 Å². The molecule has 0 saturated carbocycles. The van der Waals surface area contributed by atoms with Gasteiger partial charge in [0.15, 0.2) is 0 Å². The average molecular weight is 188 g/mol. The summed E-state index contributed by atoms with van der Waals surface area (Å²) in [5.74, 6) is 0. The van der Waals surface area contributed by atoms with Gasteiger partial charge in [-0.1, -0.05) is 11.6 Å². The van der Waals surface area contributed by atoms with Crippen molar-refractivity contribution in [1.82, 2.24) is 15.1 Å². The molecule has 0 unspecified atom stereocenters. The van der Waals surface area contributed by atoms with Gasteiger partial charge in [0.2, 0.25) is 0 Å². The van der Waals surface area contributed by atoms with Crippen LogP contribution in [0.15, 0.2) is 6.20 Å². The van der Waals surface area contributed by atoms with E-state index in [2.05, 4.69) is 10.4 Å². The van der Waals surface area contributed by atoms with Crippen molar-refractivity contribution in [2.45, 2.75) is 19.9 Å². The lowest BCUT2D eigenvalue weighted by Gasteiger charge is -2.03. The lowest BCUT2D eigenvalue weighted by molar-refractivity contribution is 0.551. The summed E-state index contributed by atoms with van der Waals surface area (Å²) < 4.78 is 1.93. The number of nitrogens with one attached hydrogen (secondary N) is 1. The molecule has 0 aliphatic rings. The maximum Gasteiger partial charge on any atom is 0.0814 e. The van der Waals surface area contributed by atoms with Crippen molar-refractivity contribution >= 4 is 11.6 Å². The first-order valence-corrected chi connectivity index (χ1v) is 4.46. The molecule has 1 aromatic heterocycles. The predicted octanol–water partition coefficient (Wildman–Crippen LogP) is 1.45. The minimum absolute atomic E-state index is 0.749. The number of hydrogen-bond acceptors (Lipinski definition) is 2. The molecule has 1 heterocycles. The second-order valence-corrected chi connectivity index (χ2v) is 3.17. The molecule has 0 fully saturated rings. The van der Waals surface area contributed by atoms with Crippen molar-refractivity contribution in [2.75, 3.05) is 13.6 Å². The zero-order valence-electron chi connectivity index (χ0n) is 7.47. The van der Waals surface area contributed by atoms with Gasteiger partial charge in [-0.2, -0.15) is 5.10 Å². The Morgan fingerprint density at radius 1 is 1.67 bits per heavy atom. The van der Waals surface area contributed by atoms with Crippen LogP contribution in [-0.4, -0.2) is 23.4 Å². The van der Waals surface area contributed by atoms with Gasteiger partial charge >= 0.3 is 0 Å². The molecule has 0 atom stereocenters. The lowest BCUT2D eigenvalue weighted by atomic mass is 10.4.